The number of fused-ring (bicyclic) bond motifs is 6. The summed E-state index contributed by atoms with van der Waals surface area (Å²) in [6.07, 6.45) is 0. The van der Waals surface area contributed by atoms with E-state index in [-0.39, 0.29) is 0 Å². The molecule has 2 heteroatoms. The molecule has 7 aromatic rings. The molecule has 0 saturated carbocycles. The highest BCUT2D eigenvalue weighted by Gasteiger charge is 2.16. The lowest BCUT2D eigenvalue weighted by Gasteiger charge is -2.14. The molecule has 0 aliphatic heterocycles. The van der Waals surface area contributed by atoms with Gasteiger partial charge in [0.05, 0.1) is 16.7 Å². The fourth-order valence-corrected chi connectivity index (χ4v) is 5.15. The van der Waals surface area contributed by atoms with Crippen LogP contribution in [0.3, 0.4) is 0 Å². The second kappa shape index (κ2) is 6.85. The van der Waals surface area contributed by atoms with Crippen molar-refractivity contribution in [3.05, 3.63) is 115 Å². The molecule has 0 aliphatic rings. The van der Waals surface area contributed by atoms with Crippen molar-refractivity contribution in [3.8, 4) is 16.8 Å². The summed E-state index contributed by atoms with van der Waals surface area (Å²) in [6, 6.07) is 38.9. The van der Waals surface area contributed by atoms with Gasteiger partial charge in [0.15, 0.2) is 0 Å². The van der Waals surface area contributed by atoms with Gasteiger partial charge < -0.3 is 8.98 Å². The zero-order valence-corrected chi connectivity index (χ0v) is 18.2. The summed E-state index contributed by atoms with van der Waals surface area (Å²) in [7, 11) is 0. The van der Waals surface area contributed by atoms with E-state index in [1.807, 2.05) is 0 Å². The molecule has 2 nitrogen and oxygen atoms in total. The predicted octanol–water partition coefficient (Wildman–Crippen LogP) is 8.66. The number of benzene rings is 5. The highest BCUT2D eigenvalue weighted by molar-refractivity contribution is 6.10. The summed E-state index contributed by atoms with van der Waals surface area (Å²) < 4.78 is 8.53. The van der Waals surface area contributed by atoms with Gasteiger partial charge in [-0.3, -0.25) is 0 Å². The summed E-state index contributed by atoms with van der Waals surface area (Å²) >= 11 is 0. The van der Waals surface area contributed by atoms with Crippen molar-refractivity contribution in [2.45, 2.75) is 6.92 Å². The first-order valence-corrected chi connectivity index (χ1v) is 11.3. The summed E-state index contributed by atoms with van der Waals surface area (Å²) in [5.41, 5.74) is 9.08. The van der Waals surface area contributed by atoms with E-state index in [0.29, 0.717) is 0 Å². The van der Waals surface area contributed by atoms with Gasteiger partial charge >= 0.3 is 0 Å². The van der Waals surface area contributed by atoms with E-state index >= 15 is 0 Å². The molecular formula is C31H21NO. The molecule has 0 radical (unpaired) electrons. The summed E-state index contributed by atoms with van der Waals surface area (Å²) in [5, 5.41) is 4.86. The fourth-order valence-electron chi connectivity index (χ4n) is 5.15. The van der Waals surface area contributed by atoms with Crippen LogP contribution in [0.25, 0.3) is 60.6 Å². The Morgan fingerprint density at radius 3 is 2.03 bits per heavy atom. The lowest BCUT2D eigenvalue weighted by atomic mass is 10.0. The van der Waals surface area contributed by atoms with Gasteiger partial charge in [0.1, 0.15) is 11.2 Å². The minimum absolute atomic E-state index is 0.925. The van der Waals surface area contributed by atoms with Crippen LogP contribution >= 0.6 is 0 Å². The van der Waals surface area contributed by atoms with E-state index in [4.69, 9.17) is 4.42 Å². The fraction of sp³-hybridized carbons (Fsp3) is 0.0323. The molecule has 0 bridgehead atoms. The molecular weight excluding hydrogens is 402 g/mol. The van der Waals surface area contributed by atoms with E-state index in [0.717, 1.165) is 21.9 Å². The number of aromatic nitrogens is 1. The Hall–Kier alpha value is -4.30. The first kappa shape index (κ1) is 18.3. The van der Waals surface area contributed by atoms with E-state index in [1.54, 1.807) is 0 Å². The normalized spacial score (nSPS) is 11.8. The molecule has 0 atom stereocenters. The molecule has 0 N–H and O–H groups in total. The standard InChI is InChI=1S/C31H21NO/c1-20-14-16-25-26-19-21(15-17-30(26)33-31(25)18-20)22-8-2-5-11-27(22)32-28-12-6-3-9-23(28)24-10-4-7-13-29(24)32/h2-19H,1H3. The Bertz CT molecular complexity index is 1780. The molecule has 33 heavy (non-hydrogen) atoms. The lowest BCUT2D eigenvalue weighted by molar-refractivity contribution is 0.668. The van der Waals surface area contributed by atoms with E-state index in [1.165, 1.54) is 44.2 Å². The number of rotatable bonds is 2. The molecule has 5 aromatic carbocycles. The average molecular weight is 424 g/mol. The van der Waals surface area contributed by atoms with Crippen LogP contribution in [0.4, 0.5) is 0 Å². The highest BCUT2D eigenvalue weighted by Crippen LogP contribution is 2.38. The summed E-state index contributed by atoms with van der Waals surface area (Å²) in [4.78, 5) is 0. The zero-order valence-electron chi connectivity index (χ0n) is 18.2. The quantitative estimate of drug-likeness (QED) is 0.272. The molecule has 2 aromatic heterocycles. The Labute approximate surface area is 191 Å². The van der Waals surface area contributed by atoms with E-state index < -0.39 is 0 Å². The Balaban J connectivity index is 1.53. The van der Waals surface area contributed by atoms with Crippen LogP contribution in [0, 0.1) is 6.92 Å². The van der Waals surface area contributed by atoms with Gasteiger partial charge in [-0.2, -0.15) is 0 Å². The topological polar surface area (TPSA) is 18.1 Å². The molecule has 0 amide bonds. The van der Waals surface area contributed by atoms with Gasteiger partial charge in [-0.25, -0.2) is 0 Å². The molecule has 0 fully saturated rings. The Kier molecular flexibility index (Phi) is 3.80. The predicted molar refractivity (Wildman–Crippen MR) is 138 cm³/mol. The van der Waals surface area contributed by atoms with Crippen molar-refractivity contribution >= 4 is 43.7 Å². The van der Waals surface area contributed by atoms with Crippen LogP contribution in [0.2, 0.25) is 0 Å². The number of nitrogens with zero attached hydrogens (tertiary/aromatic N) is 1. The van der Waals surface area contributed by atoms with Crippen molar-refractivity contribution in [1.82, 2.24) is 4.57 Å². The number of aryl methyl sites for hydroxylation is 1. The smallest absolute Gasteiger partial charge is 0.135 e. The van der Waals surface area contributed by atoms with E-state index in [2.05, 4.69) is 121 Å². The van der Waals surface area contributed by atoms with Crippen LogP contribution in [-0.2, 0) is 0 Å². The molecule has 0 spiro atoms. The largest absolute Gasteiger partial charge is 0.456 e. The van der Waals surface area contributed by atoms with Gasteiger partial charge in [0.2, 0.25) is 0 Å². The molecule has 2 heterocycles. The lowest BCUT2D eigenvalue weighted by Crippen LogP contribution is -1.96. The second-order valence-corrected chi connectivity index (χ2v) is 8.70. The van der Waals surface area contributed by atoms with Crippen LogP contribution in [0.1, 0.15) is 5.56 Å². The van der Waals surface area contributed by atoms with Crippen LogP contribution in [0.15, 0.2) is 114 Å². The third-order valence-corrected chi connectivity index (χ3v) is 6.66. The maximum Gasteiger partial charge on any atom is 0.135 e. The third-order valence-electron chi connectivity index (χ3n) is 6.66. The van der Waals surface area contributed by atoms with Crippen molar-refractivity contribution < 1.29 is 4.42 Å². The van der Waals surface area contributed by atoms with Gasteiger partial charge in [-0.1, -0.05) is 72.8 Å². The first-order chi connectivity index (χ1) is 16.3. The summed E-state index contributed by atoms with van der Waals surface area (Å²) in [5.74, 6) is 0. The summed E-state index contributed by atoms with van der Waals surface area (Å²) in [6.45, 7) is 2.10. The molecule has 7 rings (SSSR count). The van der Waals surface area contributed by atoms with Gasteiger partial charge in [-0.15, -0.1) is 0 Å². The van der Waals surface area contributed by atoms with E-state index in [9.17, 15) is 0 Å². The molecule has 0 unspecified atom stereocenters. The molecule has 0 saturated heterocycles. The van der Waals surface area contributed by atoms with Crippen LogP contribution < -0.4 is 0 Å². The SMILES string of the molecule is Cc1ccc2c(c1)oc1ccc(-c3ccccc3-n3c4ccccc4c4ccccc43)cc12. The van der Waals surface area contributed by atoms with Gasteiger partial charge in [0.25, 0.3) is 0 Å². The van der Waals surface area contributed by atoms with Crippen molar-refractivity contribution in [2.75, 3.05) is 0 Å². The number of para-hydroxylation sites is 3. The average Bonchev–Trinajstić information content (AvgIpc) is 3.38. The zero-order chi connectivity index (χ0) is 21.9. The minimum Gasteiger partial charge on any atom is -0.456 e. The molecule has 0 aliphatic carbocycles. The van der Waals surface area contributed by atoms with Crippen molar-refractivity contribution in [2.24, 2.45) is 0 Å². The van der Waals surface area contributed by atoms with Crippen molar-refractivity contribution in [1.29, 1.82) is 0 Å². The number of furan rings is 1. The number of hydrogen-bond acceptors (Lipinski definition) is 1. The van der Waals surface area contributed by atoms with Crippen LogP contribution in [-0.4, -0.2) is 4.57 Å². The second-order valence-electron chi connectivity index (χ2n) is 8.70. The number of hydrogen-bond donors (Lipinski definition) is 0. The first-order valence-electron chi connectivity index (χ1n) is 11.3. The van der Waals surface area contributed by atoms with Gasteiger partial charge in [0, 0.05) is 27.1 Å². The molecule has 156 valence electrons. The monoisotopic (exact) mass is 423 g/mol. The van der Waals surface area contributed by atoms with Crippen molar-refractivity contribution in [3.63, 3.8) is 0 Å². The van der Waals surface area contributed by atoms with Gasteiger partial charge in [-0.05, 0) is 54.4 Å². The highest BCUT2D eigenvalue weighted by atomic mass is 16.3. The Morgan fingerprint density at radius 2 is 1.24 bits per heavy atom. The van der Waals surface area contributed by atoms with Crippen LogP contribution in [0.5, 0.6) is 0 Å². The third kappa shape index (κ3) is 2.68. The maximum absolute atomic E-state index is 6.14. The minimum atomic E-state index is 0.925. The maximum atomic E-state index is 6.14. The Morgan fingerprint density at radius 1 is 0.545 bits per heavy atom.